The van der Waals surface area contributed by atoms with Crippen LogP contribution in [0, 0.1) is 0 Å². The Balaban J connectivity index is 3.72. The smallest absolute Gasteiger partial charge is 0.374 e. The van der Waals surface area contributed by atoms with E-state index >= 15 is 0 Å². The number of methoxy groups -OCH3 is 1. The predicted molar refractivity (Wildman–Crippen MR) is 50.8 cm³/mol. The summed E-state index contributed by atoms with van der Waals surface area (Å²) in [5.41, 5.74) is 0. The molecule has 0 aliphatic rings. The number of unbranched alkanes of at least 4 members (excludes halogenated alkanes) is 2. The maximum Gasteiger partial charge on any atom is 0.374 e. The van der Waals surface area contributed by atoms with Crippen LogP contribution < -0.4 is 0 Å². The lowest BCUT2D eigenvalue weighted by atomic mass is 10.1. The number of ether oxygens (including phenoxy) is 1. The van der Waals surface area contributed by atoms with Gasteiger partial charge in [-0.25, -0.2) is 4.79 Å². The lowest BCUT2D eigenvalue weighted by Gasteiger charge is -1.98. The Morgan fingerprint density at radius 1 is 1.14 bits per heavy atom. The summed E-state index contributed by atoms with van der Waals surface area (Å²) >= 11 is 0. The first-order chi connectivity index (χ1) is 6.61. The highest BCUT2D eigenvalue weighted by atomic mass is 16.5. The molecule has 80 valence electrons. The van der Waals surface area contributed by atoms with Crippen LogP contribution in [0.4, 0.5) is 0 Å². The third-order valence-corrected chi connectivity index (χ3v) is 1.83. The monoisotopic (exact) mass is 200 g/mol. The van der Waals surface area contributed by atoms with Crippen molar-refractivity contribution < 1.29 is 19.1 Å². The number of carbonyl (C=O) groups excluding carboxylic acids is 3. The van der Waals surface area contributed by atoms with Gasteiger partial charge in [-0.2, -0.15) is 0 Å². The van der Waals surface area contributed by atoms with Crippen molar-refractivity contribution in [2.75, 3.05) is 7.11 Å². The van der Waals surface area contributed by atoms with Crippen molar-refractivity contribution >= 4 is 17.5 Å². The quantitative estimate of drug-likeness (QED) is 0.269. The second-order valence-corrected chi connectivity index (χ2v) is 3.09. The molecule has 0 atom stereocenters. The molecule has 0 fully saturated rings. The fourth-order valence-electron chi connectivity index (χ4n) is 1.03. The molecule has 0 aliphatic carbocycles. The van der Waals surface area contributed by atoms with Gasteiger partial charge in [-0.05, 0) is 6.42 Å². The van der Waals surface area contributed by atoms with Crippen LogP contribution in [0.2, 0.25) is 0 Å². The molecule has 0 aromatic heterocycles. The van der Waals surface area contributed by atoms with Crippen LogP contribution in [0.5, 0.6) is 0 Å². The largest absolute Gasteiger partial charge is 0.463 e. The summed E-state index contributed by atoms with van der Waals surface area (Å²) in [5, 5.41) is 0. The maximum atomic E-state index is 11.1. The molecule has 0 N–H and O–H groups in total. The van der Waals surface area contributed by atoms with Crippen molar-refractivity contribution in [1.82, 2.24) is 0 Å². The number of carbonyl (C=O) groups is 3. The SMILES string of the molecule is CCCCCC(=O)CC(=O)C(=O)OC. The first kappa shape index (κ1) is 12.8. The third kappa shape index (κ3) is 5.45. The van der Waals surface area contributed by atoms with Crippen LogP contribution in [-0.2, 0) is 19.1 Å². The minimum atomic E-state index is -0.936. The number of hydrogen-bond acceptors (Lipinski definition) is 4. The standard InChI is InChI=1S/C10H16O4/c1-3-4-5-6-8(11)7-9(12)10(13)14-2/h3-7H2,1-2H3. The first-order valence-electron chi connectivity index (χ1n) is 4.74. The van der Waals surface area contributed by atoms with E-state index in [1.165, 1.54) is 0 Å². The Bertz CT molecular complexity index is 220. The molecule has 0 unspecified atom stereocenters. The fourth-order valence-corrected chi connectivity index (χ4v) is 1.03. The van der Waals surface area contributed by atoms with Gasteiger partial charge in [0.1, 0.15) is 5.78 Å². The van der Waals surface area contributed by atoms with Gasteiger partial charge in [0, 0.05) is 6.42 Å². The lowest BCUT2D eigenvalue weighted by Crippen LogP contribution is -2.19. The van der Waals surface area contributed by atoms with Crippen molar-refractivity contribution in [3.8, 4) is 0 Å². The van der Waals surface area contributed by atoms with Gasteiger partial charge in [0.05, 0.1) is 13.5 Å². The van der Waals surface area contributed by atoms with E-state index < -0.39 is 11.8 Å². The van der Waals surface area contributed by atoms with E-state index in [-0.39, 0.29) is 12.2 Å². The van der Waals surface area contributed by atoms with E-state index in [1.54, 1.807) is 0 Å². The van der Waals surface area contributed by atoms with Crippen LogP contribution in [0.15, 0.2) is 0 Å². The average Bonchev–Trinajstić information content (AvgIpc) is 2.16. The average molecular weight is 200 g/mol. The van der Waals surface area contributed by atoms with Gasteiger partial charge in [-0.1, -0.05) is 19.8 Å². The molecule has 4 nitrogen and oxygen atoms in total. The van der Waals surface area contributed by atoms with E-state index in [4.69, 9.17) is 0 Å². The summed E-state index contributed by atoms with van der Waals surface area (Å²) in [5.74, 6) is -1.88. The van der Waals surface area contributed by atoms with Gasteiger partial charge >= 0.3 is 5.97 Å². The molecule has 0 aromatic carbocycles. The zero-order chi connectivity index (χ0) is 11.0. The van der Waals surface area contributed by atoms with Crippen molar-refractivity contribution in [3.63, 3.8) is 0 Å². The summed E-state index contributed by atoms with van der Waals surface area (Å²) in [6, 6.07) is 0. The Kier molecular flexibility index (Phi) is 6.62. The van der Waals surface area contributed by atoms with E-state index in [9.17, 15) is 14.4 Å². The van der Waals surface area contributed by atoms with Crippen molar-refractivity contribution in [3.05, 3.63) is 0 Å². The third-order valence-electron chi connectivity index (χ3n) is 1.83. The van der Waals surface area contributed by atoms with Gasteiger partial charge in [-0.3, -0.25) is 9.59 Å². The van der Waals surface area contributed by atoms with E-state index in [0.29, 0.717) is 6.42 Å². The zero-order valence-corrected chi connectivity index (χ0v) is 8.67. The van der Waals surface area contributed by atoms with E-state index in [2.05, 4.69) is 4.74 Å². The lowest BCUT2D eigenvalue weighted by molar-refractivity contribution is -0.152. The number of esters is 1. The highest BCUT2D eigenvalue weighted by Crippen LogP contribution is 2.02. The Labute approximate surface area is 83.6 Å². The molecule has 0 spiro atoms. The minimum Gasteiger partial charge on any atom is -0.463 e. The van der Waals surface area contributed by atoms with Gasteiger partial charge in [0.25, 0.3) is 0 Å². The Morgan fingerprint density at radius 3 is 2.29 bits per heavy atom. The highest BCUT2D eigenvalue weighted by molar-refractivity contribution is 6.37. The second-order valence-electron chi connectivity index (χ2n) is 3.09. The molecule has 0 saturated heterocycles. The molecule has 0 aliphatic heterocycles. The summed E-state index contributed by atoms with van der Waals surface area (Å²) < 4.78 is 4.20. The van der Waals surface area contributed by atoms with Crippen LogP contribution in [0.25, 0.3) is 0 Å². The van der Waals surface area contributed by atoms with E-state index in [0.717, 1.165) is 26.4 Å². The molecule has 0 rings (SSSR count). The van der Waals surface area contributed by atoms with Crippen molar-refractivity contribution in [2.24, 2.45) is 0 Å². The summed E-state index contributed by atoms with van der Waals surface area (Å²) in [7, 11) is 1.13. The molecular weight excluding hydrogens is 184 g/mol. The zero-order valence-electron chi connectivity index (χ0n) is 8.67. The molecular formula is C10H16O4. The molecule has 0 amide bonds. The molecule has 0 radical (unpaired) electrons. The van der Waals surface area contributed by atoms with Crippen molar-refractivity contribution in [1.29, 1.82) is 0 Å². The Morgan fingerprint density at radius 2 is 1.79 bits per heavy atom. The molecule has 0 bridgehead atoms. The molecule has 0 heterocycles. The summed E-state index contributed by atoms with van der Waals surface area (Å²) in [4.78, 5) is 32.7. The molecule has 14 heavy (non-hydrogen) atoms. The number of hydrogen-bond donors (Lipinski definition) is 0. The number of rotatable bonds is 7. The van der Waals surface area contributed by atoms with Gasteiger partial charge in [0.2, 0.25) is 5.78 Å². The van der Waals surface area contributed by atoms with Crippen LogP contribution >= 0.6 is 0 Å². The predicted octanol–water partition coefficient (Wildman–Crippen LogP) is 1.27. The van der Waals surface area contributed by atoms with Gasteiger partial charge in [0.15, 0.2) is 0 Å². The topological polar surface area (TPSA) is 60.4 Å². The number of ketones is 2. The van der Waals surface area contributed by atoms with Crippen LogP contribution in [0.3, 0.4) is 0 Å². The first-order valence-corrected chi connectivity index (χ1v) is 4.74. The number of Topliss-reactive ketones (excluding diaryl/α,β-unsaturated/α-hetero) is 2. The maximum absolute atomic E-state index is 11.1. The van der Waals surface area contributed by atoms with Gasteiger partial charge < -0.3 is 4.74 Å². The highest BCUT2D eigenvalue weighted by Gasteiger charge is 2.17. The normalized spacial score (nSPS) is 9.57. The summed E-state index contributed by atoms with van der Waals surface area (Å²) in [6.07, 6.45) is 2.83. The Hall–Kier alpha value is -1.19. The van der Waals surface area contributed by atoms with Gasteiger partial charge in [-0.15, -0.1) is 0 Å². The second kappa shape index (κ2) is 7.24. The summed E-state index contributed by atoms with van der Waals surface area (Å²) in [6.45, 7) is 2.03. The fraction of sp³-hybridized carbons (Fsp3) is 0.700. The van der Waals surface area contributed by atoms with Crippen molar-refractivity contribution in [2.45, 2.75) is 39.0 Å². The minimum absolute atomic E-state index is 0.186. The molecule has 4 heteroatoms. The van der Waals surface area contributed by atoms with Crippen LogP contribution in [0.1, 0.15) is 39.0 Å². The molecule has 0 saturated carbocycles. The van der Waals surface area contributed by atoms with Crippen LogP contribution in [-0.4, -0.2) is 24.6 Å². The molecule has 0 aromatic rings. The van der Waals surface area contributed by atoms with E-state index in [1.807, 2.05) is 6.92 Å².